The molecule has 0 N–H and O–H groups in total. The van der Waals surface area contributed by atoms with E-state index in [9.17, 15) is 4.79 Å². The van der Waals surface area contributed by atoms with Gasteiger partial charge in [-0.25, -0.2) is 9.97 Å². The van der Waals surface area contributed by atoms with E-state index in [0.29, 0.717) is 17.9 Å². The van der Waals surface area contributed by atoms with Crippen LogP contribution in [0, 0.1) is 0 Å². The van der Waals surface area contributed by atoms with Crippen LogP contribution in [-0.4, -0.2) is 45.1 Å². The minimum Gasteiger partial charge on any atom is -0.347 e. The van der Waals surface area contributed by atoms with Crippen LogP contribution in [0.4, 0.5) is 5.13 Å². The first-order valence-electron chi connectivity index (χ1n) is 10.5. The summed E-state index contributed by atoms with van der Waals surface area (Å²) in [6.45, 7) is 2.22. The molecule has 0 saturated carbocycles. The minimum absolute atomic E-state index is 0.141. The second-order valence-electron chi connectivity index (χ2n) is 7.79. The molecular weight excluding hydrogens is 438 g/mol. The number of nitrogens with zero attached hydrogens (tertiary/aromatic N) is 5. The van der Waals surface area contributed by atoms with E-state index in [0.717, 1.165) is 34.4 Å². The molecule has 0 radical (unpaired) electrons. The molecule has 5 rings (SSSR count). The Morgan fingerprint density at radius 2 is 1.88 bits per heavy atom. The van der Waals surface area contributed by atoms with Crippen molar-refractivity contribution in [1.29, 1.82) is 0 Å². The molecule has 1 aliphatic rings. The molecule has 8 heteroatoms. The van der Waals surface area contributed by atoms with Crippen molar-refractivity contribution in [1.82, 2.24) is 19.9 Å². The number of thioether (sulfide) groups is 1. The first-order chi connectivity index (χ1) is 15.7. The van der Waals surface area contributed by atoms with E-state index < -0.39 is 0 Å². The van der Waals surface area contributed by atoms with Gasteiger partial charge >= 0.3 is 0 Å². The van der Waals surface area contributed by atoms with Crippen LogP contribution in [0.2, 0.25) is 0 Å². The standard InChI is InChI=1S/C24H23N5OS2/c1-28(13-17-7-3-2-4-8-17)24-27-22-21(32-24)23(26-16-25-22)31-15-20(30)29-12-11-18-9-5-6-10-19(18)14-29/h2-10,16H,11-15H2,1H3. The Balaban J connectivity index is 1.27. The second-order valence-corrected chi connectivity index (χ2v) is 9.73. The highest BCUT2D eigenvalue weighted by atomic mass is 32.2. The van der Waals surface area contributed by atoms with E-state index in [1.54, 1.807) is 11.3 Å². The van der Waals surface area contributed by atoms with Gasteiger partial charge in [0.15, 0.2) is 10.8 Å². The van der Waals surface area contributed by atoms with Crippen LogP contribution in [0.15, 0.2) is 66.0 Å². The lowest BCUT2D eigenvalue weighted by Gasteiger charge is -2.28. The lowest BCUT2D eigenvalue weighted by atomic mass is 10.00. The molecule has 6 nitrogen and oxygen atoms in total. The van der Waals surface area contributed by atoms with Crippen LogP contribution in [0.1, 0.15) is 16.7 Å². The lowest BCUT2D eigenvalue weighted by molar-refractivity contribution is -0.129. The molecule has 0 bridgehead atoms. The Kier molecular flexibility index (Phi) is 6.05. The van der Waals surface area contributed by atoms with Crippen molar-refractivity contribution in [2.24, 2.45) is 0 Å². The number of hydrogen-bond donors (Lipinski definition) is 0. The molecule has 0 atom stereocenters. The van der Waals surface area contributed by atoms with Gasteiger partial charge < -0.3 is 9.80 Å². The van der Waals surface area contributed by atoms with Gasteiger partial charge in [-0.2, -0.15) is 4.98 Å². The molecule has 1 aliphatic heterocycles. The zero-order valence-corrected chi connectivity index (χ0v) is 19.4. The number of benzene rings is 2. The van der Waals surface area contributed by atoms with E-state index >= 15 is 0 Å². The number of carbonyl (C=O) groups excluding carboxylic acids is 1. The number of carbonyl (C=O) groups is 1. The average Bonchev–Trinajstić information content (AvgIpc) is 3.28. The molecule has 2 aromatic carbocycles. The fourth-order valence-electron chi connectivity index (χ4n) is 3.84. The maximum absolute atomic E-state index is 12.9. The molecule has 0 saturated heterocycles. The fraction of sp³-hybridized carbons (Fsp3) is 0.250. The van der Waals surface area contributed by atoms with E-state index in [1.807, 2.05) is 36.2 Å². The molecular formula is C24H23N5OS2. The SMILES string of the molecule is CN(Cc1ccccc1)c1nc2ncnc(SCC(=O)N3CCc4ccccc4C3)c2s1. The number of thiazole rings is 1. The molecule has 0 fully saturated rings. The molecule has 0 unspecified atom stereocenters. The number of anilines is 1. The first kappa shape index (κ1) is 20.9. The van der Waals surface area contributed by atoms with Crippen molar-refractivity contribution in [2.75, 3.05) is 24.2 Å². The molecule has 0 spiro atoms. The van der Waals surface area contributed by atoms with Crippen molar-refractivity contribution in [3.8, 4) is 0 Å². The van der Waals surface area contributed by atoms with E-state index in [2.05, 4.69) is 45.2 Å². The number of amides is 1. The van der Waals surface area contributed by atoms with Crippen LogP contribution >= 0.6 is 23.1 Å². The molecule has 1 amide bonds. The number of fused-ring (bicyclic) bond motifs is 2. The Labute approximate surface area is 195 Å². The largest absolute Gasteiger partial charge is 0.347 e. The summed E-state index contributed by atoms with van der Waals surface area (Å²) < 4.78 is 0.934. The Morgan fingerprint density at radius 1 is 1.09 bits per heavy atom. The lowest BCUT2D eigenvalue weighted by Crippen LogP contribution is -2.37. The van der Waals surface area contributed by atoms with E-state index in [4.69, 9.17) is 4.98 Å². The van der Waals surface area contributed by atoms with Crippen LogP contribution in [-0.2, 0) is 24.3 Å². The van der Waals surface area contributed by atoms with Crippen molar-refractivity contribution < 1.29 is 4.79 Å². The maximum Gasteiger partial charge on any atom is 0.233 e. The third kappa shape index (κ3) is 4.47. The minimum atomic E-state index is 0.141. The predicted molar refractivity (Wildman–Crippen MR) is 130 cm³/mol. The Hall–Kier alpha value is -2.97. The van der Waals surface area contributed by atoms with Gasteiger partial charge in [0.05, 0.1) is 5.75 Å². The maximum atomic E-state index is 12.9. The summed E-state index contributed by atoms with van der Waals surface area (Å²) in [7, 11) is 2.03. The highest BCUT2D eigenvalue weighted by Gasteiger charge is 2.21. The number of rotatable bonds is 6. The van der Waals surface area contributed by atoms with Gasteiger partial charge in [-0.05, 0) is 23.1 Å². The van der Waals surface area contributed by atoms with Crippen molar-refractivity contribution in [3.63, 3.8) is 0 Å². The third-order valence-corrected chi connectivity index (χ3v) is 7.82. The molecule has 32 heavy (non-hydrogen) atoms. The normalized spacial score (nSPS) is 13.2. The Bertz CT molecular complexity index is 1240. The van der Waals surface area contributed by atoms with E-state index in [-0.39, 0.29) is 5.91 Å². The van der Waals surface area contributed by atoms with Gasteiger partial charge in [0.1, 0.15) is 16.1 Å². The summed E-state index contributed by atoms with van der Waals surface area (Å²) >= 11 is 3.04. The molecule has 3 heterocycles. The van der Waals surface area contributed by atoms with Crippen molar-refractivity contribution in [3.05, 3.63) is 77.6 Å². The third-order valence-electron chi connectivity index (χ3n) is 5.55. The van der Waals surface area contributed by atoms with Gasteiger partial charge in [-0.1, -0.05) is 77.7 Å². The zero-order valence-electron chi connectivity index (χ0n) is 17.8. The monoisotopic (exact) mass is 461 g/mol. The second kappa shape index (κ2) is 9.26. The van der Waals surface area contributed by atoms with Crippen LogP contribution in [0.3, 0.4) is 0 Å². The highest BCUT2D eigenvalue weighted by Crippen LogP contribution is 2.34. The molecule has 162 valence electrons. The summed E-state index contributed by atoms with van der Waals surface area (Å²) in [6, 6.07) is 18.7. The summed E-state index contributed by atoms with van der Waals surface area (Å²) in [5.41, 5.74) is 4.50. The summed E-state index contributed by atoms with van der Waals surface area (Å²) in [5, 5.41) is 1.71. The molecule has 0 aliphatic carbocycles. The molecule has 2 aromatic heterocycles. The first-order valence-corrected chi connectivity index (χ1v) is 12.3. The molecule has 4 aromatic rings. The number of hydrogen-bond acceptors (Lipinski definition) is 7. The van der Waals surface area contributed by atoms with Gasteiger partial charge in [0.2, 0.25) is 5.91 Å². The topological polar surface area (TPSA) is 62.2 Å². The van der Waals surface area contributed by atoms with Crippen LogP contribution in [0.25, 0.3) is 10.3 Å². The number of aromatic nitrogens is 3. The van der Waals surface area contributed by atoms with Gasteiger partial charge in [0.25, 0.3) is 0 Å². The van der Waals surface area contributed by atoms with Crippen LogP contribution in [0.5, 0.6) is 0 Å². The summed E-state index contributed by atoms with van der Waals surface area (Å²) in [6.07, 6.45) is 2.45. The summed E-state index contributed by atoms with van der Waals surface area (Å²) in [4.78, 5) is 30.4. The summed E-state index contributed by atoms with van der Waals surface area (Å²) in [5.74, 6) is 0.503. The average molecular weight is 462 g/mol. The zero-order chi connectivity index (χ0) is 21.9. The van der Waals surface area contributed by atoms with Crippen LogP contribution < -0.4 is 4.90 Å². The fourth-order valence-corrected chi connectivity index (χ4v) is 5.80. The predicted octanol–water partition coefficient (Wildman–Crippen LogP) is 4.40. The quantitative estimate of drug-likeness (QED) is 0.313. The Morgan fingerprint density at radius 3 is 2.72 bits per heavy atom. The van der Waals surface area contributed by atoms with E-state index in [1.165, 1.54) is 34.8 Å². The van der Waals surface area contributed by atoms with Crippen molar-refractivity contribution >= 4 is 44.5 Å². The van der Waals surface area contributed by atoms with Gasteiger partial charge in [0, 0.05) is 26.7 Å². The van der Waals surface area contributed by atoms with Gasteiger partial charge in [-0.3, -0.25) is 4.79 Å². The smallest absolute Gasteiger partial charge is 0.233 e. The highest BCUT2D eigenvalue weighted by molar-refractivity contribution is 8.00. The van der Waals surface area contributed by atoms with Crippen molar-refractivity contribution in [2.45, 2.75) is 24.5 Å². The van der Waals surface area contributed by atoms with Gasteiger partial charge in [-0.15, -0.1) is 0 Å².